The summed E-state index contributed by atoms with van der Waals surface area (Å²) in [4.78, 5) is 31.1. The number of hydrogen-bond donors (Lipinski definition) is 2. The maximum absolute atomic E-state index is 13.6. The Morgan fingerprint density at radius 3 is 3.03 bits per heavy atom. The van der Waals surface area contributed by atoms with Crippen molar-refractivity contribution < 1.29 is 18.4 Å². The van der Waals surface area contributed by atoms with Crippen LogP contribution in [-0.4, -0.2) is 52.1 Å². The van der Waals surface area contributed by atoms with Crippen LogP contribution in [0.25, 0.3) is 6.08 Å². The molecular weight excluding hydrogens is 448 g/mol. The summed E-state index contributed by atoms with van der Waals surface area (Å²) in [6, 6.07) is 8.21. The fraction of sp³-hybridized carbons (Fsp3) is 0.304. The smallest absolute Gasteiger partial charge is 0.268 e. The normalized spacial score (nSPS) is 20.8. The van der Waals surface area contributed by atoms with Crippen LogP contribution in [-0.2, 0) is 4.79 Å². The number of rotatable bonds is 5. The number of amides is 2. The van der Waals surface area contributed by atoms with Crippen LogP contribution in [0.3, 0.4) is 0 Å². The zero-order chi connectivity index (χ0) is 23.6. The van der Waals surface area contributed by atoms with Gasteiger partial charge in [0.25, 0.3) is 11.8 Å². The van der Waals surface area contributed by atoms with Crippen LogP contribution in [0.4, 0.5) is 14.5 Å². The summed E-state index contributed by atoms with van der Waals surface area (Å²) in [5.41, 5.74) is 3.08. The average molecular weight is 470 g/mol. The van der Waals surface area contributed by atoms with Gasteiger partial charge in [-0.1, -0.05) is 30.0 Å². The summed E-state index contributed by atoms with van der Waals surface area (Å²) in [7, 11) is 0. The second kappa shape index (κ2) is 9.19. The summed E-state index contributed by atoms with van der Waals surface area (Å²) in [6.07, 6.45) is 6.00. The van der Waals surface area contributed by atoms with Gasteiger partial charge in [-0.25, -0.2) is 8.78 Å². The zero-order valence-electron chi connectivity index (χ0n) is 17.7. The topological polar surface area (TPSA) is 98.1 Å². The van der Waals surface area contributed by atoms with Gasteiger partial charge in [0.05, 0.1) is 24.5 Å². The molecule has 4 rings (SSSR count). The summed E-state index contributed by atoms with van der Waals surface area (Å²) in [6.45, 7) is 0.732. The maximum Gasteiger partial charge on any atom is 0.268 e. The summed E-state index contributed by atoms with van der Waals surface area (Å²) in [5.74, 6) is -4.36. The monoisotopic (exact) mass is 469 g/mol. The van der Waals surface area contributed by atoms with Gasteiger partial charge in [-0.2, -0.15) is 5.26 Å². The maximum atomic E-state index is 13.6. The third-order valence-electron chi connectivity index (χ3n) is 5.38. The first-order valence-electron chi connectivity index (χ1n) is 10.3. The molecule has 1 fully saturated rings. The number of aryl methyl sites for hydroxylation is 1. The van der Waals surface area contributed by atoms with Crippen LogP contribution in [0.1, 0.15) is 27.9 Å². The number of hydrogen-bond acceptors (Lipinski definition) is 6. The Morgan fingerprint density at radius 2 is 2.24 bits per heavy atom. The quantitative estimate of drug-likeness (QED) is 0.696. The molecule has 2 amide bonds. The van der Waals surface area contributed by atoms with Crippen molar-refractivity contribution in [2.75, 3.05) is 18.4 Å². The average Bonchev–Trinajstić information content (AvgIpc) is 3.34. The zero-order valence-corrected chi connectivity index (χ0v) is 18.5. The Kier molecular flexibility index (Phi) is 6.33. The summed E-state index contributed by atoms with van der Waals surface area (Å²) < 4.78 is 27.1. The van der Waals surface area contributed by atoms with Crippen LogP contribution in [0.5, 0.6) is 0 Å². The molecule has 0 aliphatic carbocycles. The van der Waals surface area contributed by atoms with Crippen LogP contribution >= 0.6 is 11.8 Å². The molecule has 0 saturated carbocycles. The van der Waals surface area contributed by atoms with Gasteiger partial charge in [0.1, 0.15) is 6.04 Å². The van der Waals surface area contributed by atoms with Crippen LogP contribution in [0.2, 0.25) is 0 Å². The first-order valence-corrected chi connectivity index (χ1v) is 11.1. The number of thioether (sulfide) groups is 1. The van der Waals surface area contributed by atoms with Crippen LogP contribution in [0.15, 0.2) is 47.6 Å². The fourth-order valence-electron chi connectivity index (χ4n) is 3.74. The van der Waals surface area contributed by atoms with Crippen LogP contribution < -0.4 is 10.6 Å². The van der Waals surface area contributed by atoms with E-state index in [1.807, 2.05) is 25.1 Å². The number of nitriles is 1. The first-order chi connectivity index (χ1) is 15.8. The molecule has 2 unspecified atom stereocenters. The molecule has 0 radical (unpaired) electrons. The summed E-state index contributed by atoms with van der Waals surface area (Å²) >= 11 is 1.66. The highest BCUT2D eigenvalue weighted by Crippen LogP contribution is 2.39. The molecule has 2 N–H and O–H groups in total. The Balaban J connectivity index is 1.39. The van der Waals surface area contributed by atoms with Crippen molar-refractivity contribution in [3.05, 3.63) is 59.4 Å². The van der Waals surface area contributed by atoms with Crippen molar-refractivity contribution in [3.8, 4) is 6.07 Å². The number of nitrogens with zero attached hydrogens (tertiary/aromatic N) is 3. The van der Waals surface area contributed by atoms with E-state index in [9.17, 15) is 18.4 Å². The predicted molar refractivity (Wildman–Crippen MR) is 121 cm³/mol. The molecule has 33 heavy (non-hydrogen) atoms. The van der Waals surface area contributed by atoms with Crippen molar-refractivity contribution >= 4 is 35.3 Å². The minimum Gasteiger partial charge on any atom is -0.369 e. The van der Waals surface area contributed by atoms with E-state index in [1.165, 1.54) is 24.0 Å². The third-order valence-corrected chi connectivity index (χ3v) is 6.50. The van der Waals surface area contributed by atoms with E-state index in [-0.39, 0.29) is 5.37 Å². The Bertz CT molecular complexity index is 1160. The van der Waals surface area contributed by atoms with Crippen molar-refractivity contribution in [2.45, 2.75) is 35.6 Å². The van der Waals surface area contributed by atoms with Crippen LogP contribution in [0, 0.1) is 18.3 Å². The number of anilines is 1. The van der Waals surface area contributed by atoms with E-state index in [0.717, 1.165) is 15.5 Å². The lowest BCUT2D eigenvalue weighted by Crippen LogP contribution is -2.43. The highest BCUT2D eigenvalue weighted by atomic mass is 32.2. The van der Waals surface area contributed by atoms with E-state index in [0.29, 0.717) is 11.1 Å². The van der Waals surface area contributed by atoms with Crippen molar-refractivity contribution in [1.82, 2.24) is 15.2 Å². The molecule has 1 aromatic carbocycles. The molecule has 2 aliphatic heterocycles. The molecule has 7 nitrogen and oxygen atoms in total. The molecule has 1 saturated heterocycles. The van der Waals surface area contributed by atoms with E-state index in [1.54, 1.807) is 23.9 Å². The predicted octanol–water partition coefficient (Wildman–Crippen LogP) is 3.44. The molecule has 170 valence electrons. The van der Waals surface area contributed by atoms with Gasteiger partial charge in [-0.3, -0.25) is 14.6 Å². The first kappa shape index (κ1) is 22.7. The number of alkyl halides is 2. The molecule has 0 bridgehead atoms. The minimum absolute atomic E-state index is 0.0146. The number of fused-ring (bicyclic) bond motifs is 1. The highest BCUT2D eigenvalue weighted by molar-refractivity contribution is 8.00. The van der Waals surface area contributed by atoms with Gasteiger partial charge >= 0.3 is 0 Å². The van der Waals surface area contributed by atoms with Crippen molar-refractivity contribution in [3.63, 3.8) is 0 Å². The molecule has 10 heteroatoms. The number of carbonyl (C=O) groups excluding carboxylic acids is 2. The molecule has 2 aliphatic rings. The van der Waals surface area contributed by atoms with Gasteiger partial charge in [-0.05, 0) is 30.7 Å². The highest BCUT2D eigenvalue weighted by Gasteiger charge is 2.47. The lowest BCUT2D eigenvalue weighted by Gasteiger charge is -2.19. The Labute approximate surface area is 193 Å². The van der Waals surface area contributed by atoms with Crippen molar-refractivity contribution in [1.29, 1.82) is 5.26 Å². The number of benzene rings is 1. The van der Waals surface area contributed by atoms with E-state index >= 15 is 0 Å². The molecule has 2 atom stereocenters. The van der Waals surface area contributed by atoms with E-state index in [2.05, 4.69) is 21.7 Å². The number of halogens is 2. The minimum atomic E-state index is -3.10. The second-order valence-corrected chi connectivity index (χ2v) is 9.10. The lowest BCUT2D eigenvalue weighted by molar-refractivity contribution is -0.131. The second-order valence-electron chi connectivity index (χ2n) is 7.91. The largest absolute Gasteiger partial charge is 0.369 e. The molecule has 3 heterocycles. The van der Waals surface area contributed by atoms with Crippen molar-refractivity contribution in [2.24, 2.45) is 0 Å². The lowest BCUT2D eigenvalue weighted by atomic mass is 10.1. The molecule has 0 spiro atoms. The third kappa shape index (κ3) is 5.14. The van der Waals surface area contributed by atoms with Gasteiger partial charge in [0.15, 0.2) is 0 Å². The number of carbonyl (C=O) groups is 2. The Hall–Kier alpha value is -3.45. The fourth-order valence-corrected chi connectivity index (χ4v) is 4.86. The van der Waals surface area contributed by atoms with E-state index in [4.69, 9.17) is 5.26 Å². The SMILES string of the molecule is Cc1ccc2c(c1)SC(/C=C/c1cnccc1C(=O)NCC(=O)N1CC(F)(F)CC1C#N)N2. The van der Waals surface area contributed by atoms with Gasteiger partial charge in [0.2, 0.25) is 5.91 Å². The number of nitrogens with one attached hydrogen (secondary N) is 2. The number of aromatic nitrogens is 1. The number of likely N-dealkylation sites (tertiary alicyclic amines) is 1. The van der Waals surface area contributed by atoms with Gasteiger partial charge in [0, 0.05) is 40.5 Å². The van der Waals surface area contributed by atoms with Gasteiger partial charge in [-0.15, -0.1) is 0 Å². The van der Waals surface area contributed by atoms with Gasteiger partial charge < -0.3 is 15.5 Å². The standard InChI is InChI=1S/C23H21F2N5O2S/c1-14-2-4-18-19(8-14)33-20(29-18)5-3-15-11-27-7-6-17(15)22(32)28-12-21(31)30-13-23(24,25)9-16(30)10-26/h2-8,11,16,20,29H,9,12-13H2,1H3,(H,28,32)/b5-3+. The molecular formula is C23H21F2N5O2S. The molecule has 2 aromatic rings. The Morgan fingerprint density at radius 1 is 1.42 bits per heavy atom. The number of pyridine rings is 1. The summed E-state index contributed by atoms with van der Waals surface area (Å²) in [5, 5.41) is 14.9. The molecule has 1 aromatic heterocycles. The van der Waals surface area contributed by atoms with E-state index < -0.39 is 43.3 Å².